The van der Waals surface area contributed by atoms with Crippen LogP contribution in [0.4, 0.5) is 18.9 Å². The molecule has 1 amide bonds. The number of benzene rings is 1. The molecule has 0 aliphatic rings. The number of halogens is 4. The maximum absolute atomic E-state index is 13.4. The van der Waals surface area contributed by atoms with Gasteiger partial charge in [0.1, 0.15) is 0 Å². The molecule has 7 heteroatoms. The predicted octanol–water partition coefficient (Wildman–Crippen LogP) is 3.51. The van der Waals surface area contributed by atoms with E-state index >= 15 is 0 Å². The number of hydrogen-bond donors (Lipinski definition) is 1. The number of pyridine rings is 1. The first-order valence-corrected chi connectivity index (χ1v) is 5.83. The first-order chi connectivity index (χ1) is 8.99. The van der Waals surface area contributed by atoms with Crippen LogP contribution < -0.4 is 5.32 Å². The lowest BCUT2D eigenvalue weighted by molar-refractivity contribution is 0.102. The largest absolute Gasteiger partial charge is 0.319 e. The zero-order valence-corrected chi connectivity index (χ0v) is 10.8. The minimum absolute atomic E-state index is 0.151. The van der Waals surface area contributed by atoms with E-state index in [2.05, 4.69) is 26.2 Å². The minimum Gasteiger partial charge on any atom is -0.319 e. The van der Waals surface area contributed by atoms with Crippen molar-refractivity contribution in [3.8, 4) is 0 Å². The van der Waals surface area contributed by atoms with Crippen LogP contribution in [0.5, 0.6) is 0 Å². The van der Waals surface area contributed by atoms with E-state index in [4.69, 9.17) is 0 Å². The average molecular weight is 331 g/mol. The van der Waals surface area contributed by atoms with Gasteiger partial charge in [0.15, 0.2) is 17.5 Å². The van der Waals surface area contributed by atoms with Gasteiger partial charge in [-0.3, -0.25) is 9.78 Å². The third-order valence-corrected chi connectivity index (χ3v) is 2.68. The van der Waals surface area contributed by atoms with E-state index in [0.717, 1.165) is 12.1 Å². The van der Waals surface area contributed by atoms with Crippen molar-refractivity contribution < 1.29 is 18.0 Å². The highest BCUT2D eigenvalue weighted by atomic mass is 79.9. The Hall–Kier alpha value is -1.89. The van der Waals surface area contributed by atoms with Crippen LogP contribution in [0.25, 0.3) is 0 Å². The monoisotopic (exact) mass is 330 g/mol. The molecule has 0 radical (unpaired) electrons. The molecule has 0 saturated heterocycles. The molecule has 1 aromatic carbocycles. The van der Waals surface area contributed by atoms with Crippen LogP contribution >= 0.6 is 15.9 Å². The van der Waals surface area contributed by atoms with Gasteiger partial charge in [0.2, 0.25) is 0 Å². The molecule has 1 aromatic heterocycles. The fraction of sp³-hybridized carbons (Fsp3) is 0. The number of amides is 1. The van der Waals surface area contributed by atoms with E-state index in [9.17, 15) is 18.0 Å². The molecule has 98 valence electrons. The zero-order chi connectivity index (χ0) is 14.0. The average Bonchev–Trinajstić information content (AvgIpc) is 2.39. The van der Waals surface area contributed by atoms with Crippen molar-refractivity contribution in [3.63, 3.8) is 0 Å². The van der Waals surface area contributed by atoms with Gasteiger partial charge < -0.3 is 5.32 Å². The van der Waals surface area contributed by atoms with Crippen LogP contribution in [0.3, 0.4) is 0 Å². The smallest absolute Gasteiger partial charge is 0.257 e. The Balaban J connectivity index is 2.27. The van der Waals surface area contributed by atoms with Crippen molar-refractivity contribution in [1.82, 2.24) is 4.98 Å². The minimum atomic E-state index is -1.63. The van der Waals surface area contributed by atoms with Crippen molar-refractivity contribution in [2.45, 2.75) is 0 Å². The summed E-state index contributed by atoms with van der Waals surface area (Å²) in [5, 5.41) is 2.14. The van der Waals surface area contributed by atoms with Crippen molar-refractivity contribution in [1.29, 1.82) is 0 Å². The molecule has 2 rings (SSSR count). The third kappa shape index (κ3) is 2.93. The molecule has 0 fully saturated rings. The van der Waals surface area contributed by atoms with Gasteiger partial charge >= 0.3 is 0 Å². The van der Waals surface area contributed by atoms with Gasteiger partial charge in [-0.1, -0.05) is 0 Å². The Morgan fingerprint density at radius 2 is 1.89 bits per heavy atom. The summed E-state index contributed by atoms with van der Waals surface area (Å²) in [6.07, 6.45) is 2.73. The number of aromatic nitrogens is 1. The van der Waals surface area contributed by atoms with E-state index in [0.29, 0.717) is 4.47 Å². The van der Waals surface area contributed by atoms with Crippen LogP contribution in [0.1, 0.15) is 10.4 Å². The molecule has 0 spiro atoms. The maximum atomic E-state index is 13.4. The number of nitrogens with zero attached hydrogens (tertiary/aromatic N) is 1. The Morgan fingerprint density at radius 1 is 1.16 bits per heavy atom. The summed E-state index contributed by atoms with van der Waals surface area (Å²) in [7, 11) is 0. The van der Waals surface area contributed by atoms with Gasteiger partial charge in [-0.25, -0.2) is 13.2 Å². The first-order valence-electron chi connectivity index (χ1n) is 5.04. The van der Waals surface area contributed by atoms with Crippen molar-refractivity contribution in [2.75, 3.05) is 5.32 Å². The molecule has 0 bridgehead atoms. The molecule has 19 heavy (non-hydrogen) atoms. The van der Waals surface area contributed by atoms with Crippen molar-refractivity contribution in [2.24, 2.45) is 0 Å². The van der Waals surface area contributed by atoms with Gasteiger partial charge in [0, 0.05) is 16.9 Å². The topological polar surface area (TPSA) is 42.0 Å². The molecular formula is C12H6BrF3N2O. The zero-order valence-electron chi connectivity index (χ0n) is 9.25. The number of hydrogen-bond acceptors (Lipinski definition) is 2. The molecule has 3 nitrogen and oxygen atoms in total. The molecule has 1 heterocycles. The fourth-order valence-corrected chi connectivity index (χ4v) is 1.72. The van der Waals surface area contributed by atoms with Gasteiger partial charge in [0.05, 0.1) is 11.3 Å². The lowest BCUT2D eigenvalue weighted by atomic mass is 10.2. The molecule has 0 aliphatic heterocycles. The third-order valence-electron chi connectivity index (χ3n) is 2.25. The van der Waals surface area contributed by atoms with Gasteiger partial charge in [-0.15, -0.1) is 0 Å². The summed E-state index contributed by atoms with van der Waals surface area (Å²) in [5.74, 6) is -5.08. The number of carbonyl (C=O) groups excluding carboxylic acids is 1. The highest BCUT2D eigenvalue weighted by molar-refractivity contribution is 9.10. The van der Waals surface area contributed by atoms with E-state index in [1.807, 2.05) is 0 Å². The number of nitrogens with one attached hydrogen (secondary N) is 1. The summed E-state index contributed by atoms with van der Waals surface area (Å²) in [6.45, 7) is 0. The number of anilines is 1. The van der Waals surface area contributed by atoms with E-state index in [-0.39, 0.29) is 5.56 Å². The van der Waals surface area contributed by atoms with Crippen molar-refractivity contribution >= 4 is 27.5 Å². The van der Waals surface area contributed by atoms with Crippen LogP contribution in [0.2, 0.25) is 0 Å². The van der Waals surface area contributed by atoms with E-state index in [1.54, 1.807) is 0 Å². The fourth-order valence-electron chi connectivity index (χ4n) is 1.35. The molecular weight excluding hydrogens is 325 g/mol. The number of carbonyl (C=O) groups is 1. The lowest BCUT2D eigenvalue weighted by Gasteiger charge is -2.07. The molecule has 0 unspecified atom stereocenters. The second kappa shape index (κ2) is 5.40. The molecule has 2 aromatic rings. The Bertz CT molecular complexity index is 649. The normalized spacial score (nSPS) is 10.3. The van der Waals surface area contributed by atoms with Crippen LogP contribution in [-0.4, -0.2) is 10.9 Å². The summed E-state index contributed by atoms with van der Waals surface area (Å²) in [5.41, 5.74) is -0.289. The van der Waals surface area contributed by atoms with E-state index in [1.165, 1.54) is 18.5 Å². The number of rotatable bonds is 2. The van der Waals surface area contributed by atoms with Crippen molar-refractivity contribution in [3.05, 3.63) is 58.1 Å². The second-order valence-electron chi connectivity index (χ2n) is 3.57. The summed E-state index contributed by atoms with van der Waals surface area (Å²) in [4.78, 5) is 15.5. The molecule has 0 saturated carbocycles. The Morgan fingerprint density at radius 3 is 2.58 bits per heavy atom. The Labute approximate surface area is 114 Å². The first kappa shape index (κ1) is 13.5. The van der Waals surface area contributed by atoms with Gasteiger partial charge in [0.25, 0.3) is 5.91 Å². The summed E-state index contributed by atoms with van der Waals surface area (Å²) in [6, 6.07) is 3.13. The lowest BCUT2D eigenvalue weighted by Crippen LogP contribution is -2.14. The van der Waals surface area contributed by atoms with Crippen LogP contribution in [0.15, 0.2) is 35.1 Å². The summed E-state index contributed by atoms with van der Waals surface area (Å²) < 4.78 is 39.6. The highest BCUT2D eigenvalue weighted by Gasteiger charge is 2.16. The summed E-state index contributed by atoms with van der Waals surface area (Å²) >= 11 is 3.13. The van der Waals surface area contributed by atoms with E-state index < -0.39 is 29.0 Å². The standard InChI is InChI=1S/C12H6BrF3N2O/c13-7-3-6(4-17-5-7)12(19)18-9-2-1-8(14)10(15)11(9)16/h1-5H,(H,18,19). The predicted molar refractivity (Wildman–Crippen MR) is 66.2 cm³/mol. The second-order valence-corrected chi connectivity index (χ2v) is 4.48. The highest BCUT2D eigenvalue weighted by Crippen LogP contribution is 2.20. The Kier molecular flexibility index (Phi) is 3.84. The molecule has 0 atom stereocenters. The molecule has 0 aliphatic carbocycles. The van der Waals surface area contributed by atoms with Gasteiger partial charge in [-0.05, 0) is 34.1 Å². The maximum Gasteiger partial charge on any atom is 0.257 e. The molecule has 1 N–H and O–H groups in total. The van der Waals surface area contributed by atoms with Gasteiger partial charge in [-0.2, -0.15) is 0 Å². The SMILES string of the molecule is O=C(Nc1ccc(F)c(F)c1F)c1cncc(Br)c1. The quantitative estimate of drug-likeness (QED) is 0.856. The van der Waals surface area contributed by atoms with Crippen LogP contribution in [-0.2, 0) is 0 Å². The van der Waals surface area contributed by atoms with Crippen LogP contribution in [0, 0.1) is 17.5 Å².